The lowest BCUT2D eigenvalue weighted by atomic mass is 9.41. The molecule has 3 nitrogen and oxygen atoms in total. The molecule has 1 N–H and O–H groups in total. The Morgan fingerprint density at radius 1 is 1.38 bits per heavy atom. The van der Waals surface area contributed by atoms with Crippen molar-refractivity contribution in [2.24, 2.45) is 28.6 Å². The molecule has 5 atom stereocenters. The first-order valence-corrected chi connectivity index (χ1v) is 4.91. The van der Waals surface area contributed by atoms with Crippen LogP contribution in [0.4, 0.5) is 0 Å². The van der Waals surface area contributed by atoms with Crippen molar-refractivity contribution in [3.63, 3.8) is 0 Å². The van der Waals surface area contributed by atoms with Crippen LogP contribution in [-0.4, -0.2) is 16.9 Å². The fourth-order valence-corrected chi connectivity index (χ4v) is 4.71. The predicted molar refractivity (Wildman–Crippen MR) is 41.8 cm³/mol. The second-order valence-electron chi connectivity index (χ2n) is 5.27. The highest BCUT2D eigenvalue weighted by Gasteiger charge is 2.90. The third-order valence-electron chi connectivity index (χ3n) is 5.16. The summed E-state index contributed by atoms with van der Waals surface area (Å²) in [5.74, 6) is 0.702. The first kappa shape index (κ1) is 6.57. The van der Waals surface area contributed by atoms with Crippen LogP contribution in [0, 0.1) is 28.6 Å². The van der Waals surface area contributed by atoms with Gasteiger partial charge in [-0.2, -0.15) is 0 Å². The van der Waals surface area contributed by atoms with Gasteiger partial charge in [-0.15, -0.1) is 0 Å². The second kappa shape index (κ2) is 1.35. The molecule has 4 rings (SSSR count). The molecule has 0 bridgehead atoms. The Morgan fingerprint density at radius 3 is 2.77 bits per heavy atom. The lowest BCUT2D eigenvalue weighted by Gasteiger charge is -2.60. The molecule has 4 aliphatic rings. The number of carboxylic acid groups (broad SMARTS) is 1. The van der Waals surface area contributed by atoms with Gasteiger partial charge in [0.15, 0.2) is 0 Å². The summed E-state index contributed by atoms with van der Waals surface area (Å²) in [5.41, 5.74) is -0.553. The predicted octanol–water partition coefficient (Wildman–Crippen LogP) is 0.686. The number of hydrogen-bond donors (Lipinski definition) is 1. The number of rotatable bonds is 1. The summed E-state index contributed by atoms with van der Waals surface area (Å²) in [7, 11) is 0. The number of hydrogen-bond acceptors (Lipinski definition) is 2. The molecule has 4 fully saturated rings. The zero-order chi connectivity index (χ0) is 9.01. The van der Waals surface area contributed by atoms with Gasteiger partial charge in [0.2, 0.25) is 0 Å². The maximum Gasteiger partial charge on any atom is 0.309 e. The second-order valence-corrected chi connectivity index (χ2v) is 5.27. The molecular weight excluding hydrogens is 168 g/mol. The van der Waals surface area contributed by atoms with Crippen LogP contribution in [-0.2, 0) is 9.59 Å². The summed E-state index contributed by atoms with van der Waals surface area (Å²) >= 11 is 0. The third-order valence-corrected chi connectivity index (χ3v) is 5.16. The molecule has 4 saturated carbocycles. The number of carbonyl (C=O) groups is 2. The molecule has 0 aromatic carbocycles. The van der Waals surface area contributed by atoms with Crippen molar-refractivity contribution < 1.29 is 14.7 Å². The fraction of sp³-hybridized carbons (Fsp3) is 0.800. The van der Waals surface area contributed by atoms with E-state index in [0.717, 1.165) is 12.8 Å². The number of Topliss-reactive ketones (excluding diaryl/α,β-unsaturated/α-hetero) is 1. The number of carbonyl (C=O) groups excluding carboxylic acids is 1. The monoisotopic (exact) mass is 178 g/mol. The summed E-state index contributed by atoms with van der Waals surface area (Å²) in [6, 6.07) is 0. The SMILES string of the molecule is O=C(O)C12CC3CC4(C(=O)C4C1)C32. The molecule has 1 spiro atoms. The van der Waals surface area contributed by atoms with Gasteiger partial charge in [0, 0.05) is 11.3 Å². The quantitative estimate of drug-likeness (QED) is 0.642. The van der Waals surface area contributed by atoms with Crippen molar-refractivity contribution >= 4 is 11.8 Å². The summed E-state index contributed by atoms with van der Waals surface area (Å²) in [5, 5.41) is 9.14. The van der Waals surface area contributed by atoms with Crippen LogP contribution in [0.5, 0.6) is 0 Å². The van der Waals surface area contributed by atoms with Gasteiger partial charge in [-0.25, -0.2) is 0 Å². The van der Waals surface area contributed by atoms with Crippen molar-refractivity contribution in [2.45, 2.75) is 19.3 Å². The van der Waals surface area contributed by atoms with E-state index in [0.29, 0.717) is 18.1 Å². The zero-order valence-corrected chi connectivity index (χ0v) is 7.12. The van der Waals surface area contributed by atoms with Crippen molar-refractivity contribution in [1.29, 1.82) is 0 Å². The molecule has 0 amide bonds. The molecule has 0 aliphatic heterocycles. The average Bonchev–Trinajstić information content (AvgIpc) is 2.56. The minimum absolute atomic E-state index is 0.0959. The van der Waals surface area contributed by atoms with Crippen molar-refractivity contribution in [2.75, 3.05) is 0 Å². The minimum Gasteiger partial charge on any atom is -0.481 e. The molecule has 0 saturated heterocycles. The lowest BCUT2D eigenvalue weighted by Crippen LogP contribution is -2.61. The van der Waals surface area contributed by atoms with Crippen LogP contribution < -0.4 is 0 Å². The highest BCUT2D eigenvalue weighted by atomic mass is 16.4. The molecule has 5 unspecified atom stereocenters. The Kier molecular flexibility index (Phi) is 0.682. The van der Waals surface area contributed by atoms with Gasteiger partial charge < -0.3 is 5.11 Å². The van der Waals surface area contributed by atoms with Gasteiger partial charge in [0.25, 0.3) is 0 Å². The molecule has 0 radical (unpaired) electrons. The highest BCUT2D eigenvalue weighted by molar-refractivity contribution is 6.09. The molecule has 68 valence electrons. The number of aliphatic carboxylic acids is 1. The zero-order valence-electron chi connectivity index (χ0n) is 7.12. The standard InChI is InChI=1S/C10H10O3/c11-7-5-3-9(8(12)13)1-4-2-10(5,7)6(4)9/h4-6H,1-3H2,(H,12,13). The van der Waals surface area contributed by atoms with Crippen LogP contribution in [0.15, 0.2) is 0 Å². The van der Waals surface area contributed by atoms with Gasteiger partial charge in [-0.05, 0) is 31.1 Å². The van der Waals surface area contributed by atoms with Crippen molar-refractivity contribution in [1.82, 2.24) is 0 Å². The van der Waals surface area contributed by atoms with Gasteiger partial charge in [0.1, 0.15) is 5.78 Å². The van der Waals surface area contributed by atoms with E-state index < -0.39 is 11.4 Å². The van der Waals surface area contributed by atoms with E-state index in [2.05, 4.69) is 0 Å². The summed E-state index contributed by atoms with van der Waals surface area (Å²) < 4.78 is 0. The summed E-state index contributed by atoms with van der Waals surface area (Å²) in [6.45, 7) is 0. The first-order chi connectivity index (χ1) is 6.13. The smallest absolute Gasteiger partial charge is 0.309 e. The van der Waals surface area contributed by atoms with Crippen molar-refractivity contribution in [3.8, 4) is 0 Å². The lowest BCUT2D eigenvalue weighted by molar-refractivity contribution is -0.192. The maximum absolute atomic E-state index is 11.4. The normalized spacial score (nSPS) is 64.6. The van der Waals surface area contributed by atoms with Gasteiger partial charge in [-0.3, -0.25) is 9.59 Å². The Morgan fingerprint density at radius 2 is 2.15 bits per heavy atom. The van der Waals surface area contributed by atoms with Gasteiger partial charge in [0.05, 0.1) is 5.41 Å². The average molecular weight is 178 g/mol. The van der Waals surface area contributed by atoms with Crippen LogP contribution in [0.3, 0.4) is 0 Å². The van der Waals surface area contributed by atoms with Crippen LogP contribution in [0.1, 0.15) is 19.3 Å². The highest BCUT2D eigenvalue weighted by Crippen LogP contribution is 2.87. The molecular formula is C10H10O3. The van der Waals surface area contributed by atoms with E-state index >= 15 is 0 Å². The number of ketones is 1. The molecule has 0 aromatic heterocycles. The Balaban J connectivity index is 1.84. The van der Waals surface area contributed by atoms with E-state index in [1.165, 1.54) is 0 Å². The van der Waals surface area contributed by atoms with E-state index in [-0.39, 0.29) is 17.3 Å². The van der Waals surface area contributed by atoms with Crippen LogP contribution >= 0.6 is 0 Å². The summed E-state index contributed by atoms with van der Waals surface area (Å²) in [4.78, 5) is 22.5. The van der Waals surface area contributed by atoms with E-state index in [9.17, 15) is 9.59 Å². The first-order valence-electron chi connectivity index (χ1n) is 4.91. The molecule has 0 aromatic rings. The Bertz CT molecular complexity index is 374. The van der Waals surface area contributed by atoms with Gasteiger partial charge >= 0.3 is 5.97 Å². The molecule has 4 aliphatic carbocycles. The van der Waals surface area contributed by atoms with Crippen LogP contribution in [0.2, 0.25) is 0 Å². The minimum atomic E-state index is -0.646. The third kappa shape index (κ3) is 0.370. The molecule has 3 heteroatoms. The molecule has 13 heavy (non-hydrogen) atoms. The van der Waals surface area contributed by atoms with Crippen LogP contribution in [0.25, 0.3) is 0 Å². The largest absolute Gasteiger partial charge is 0.481 e. The van der Waals surface area contributed by atoms with E-state index in [4.69, 9.17) is 5.11 Å². The van der Waals surface area contributed by atoms with E-state index in [1.54, 1.807) is 0 Å². The summed E-state index contributed by atoms with van der Waals surface area (Å²) in [6.07, 6.45) is 2.51. The number of carboxylic acids is 1. The van der Waals surface area contributed by atoms with Crippen molar-refractivity contribution in [3.05, 3.63) is 0 Å². The maximum atomic E-state index is 11.4. The van der Waals surface area contributed by atoms with E-state index in [1.807, 2.05) is 0 Å². The van der Waals surface area contributed by atoms with Gasteiger partial charge in [-0.1, -0.05) is 0 Å². The topological polar surface area (TPSA) is 54.4 Å². The Hall–Kier alpha value is -0.860. The fourth-order valence-electron chi connectivity index (χ4n) is 4.71. The molecule has 0 heterocycles. The Labute approximate surface area is 75.1 Å².